The third-order valence-electron chi connectivity index (χ3n) is 2.61. The van der Waals surface area contributed by atoms with Crippen LogP contribution in [-0.4, -0.2) is 73.0 Å². The van der Waals surface area contributed by atoms with Crippen LogP contribution >= 0.6 is 0 Å². The average Bonchev–Trinajstić information content (AvgIpc) is 2.53. The van der Waals surface area contributed by atoms with Crippen LogP contribution in [0.25, 0.3) is 0 Å². The quantitative estimate of drug-likeness (QED) is 0.233. The van der Waals surface area contributed by atoms with Crippen LogP contribution in [-0.2, 0) is 4.79 Å². The zero-order valence-electron chi connectivity index (χ0n) is 11.1. The van der Waals surface area contributed by atoms with Gasteiger partial charge in [-0.25, -0.2) is 10.2 Å². The molecule has 0 aliphatic rings. The van der Waals surface area contributed by atoms with Crippen LogP contribution in [0.15, 0.2) is 29.6 Å². The first-order valence-corrected chi connectivity index (χ1v) is 6.03. The molecule has 22 heavy (non-hydrogen) atoms. The number of pyridine rings is 1. The first-order chi connectivity index (χ1) is 10.3. The first kappa shape index (κ1) is 17.7. The van der Waals surface area contributed by atoms with Crippen LogP contribution in [0.1, 0.15) is 10.4 Å². The number of amides is 1. The van der Waals surface area contributed by atoms with E-state index in [9.17, 15) is 24.9 Å². The molecule has 10 nitrogen and oxygen atoms in total. The number of rotatable bonds is 7. The second-order valence-electron chi connectivity index (χ2n) is 4.21. The highest BCUT2D eigenvalue weighted by Crippen LogP contribution is 2.04. The van der Waals surface area contributed by atoms with Crippen LogP contribution in [0.4, 0.5) is 0 Å². The topological polar surface area (TPSA) is 173 Å². The molecule has 0 aromatic carbocycles. The predicted octanol–water partition coefficient (Wildman–Crippen LogP) is -2.67. The van der Waals surface area contributed by atoms with Gasteiger partial charge in [-0.15, -0.1) is 0 Å². The van der Waals surface area contributed by atoms with Gasteiger partial charge in [0.25, 0.3) is 5.91 Å². The number of hydrogen-bond donors (Lipinski definition) is 6. The third kappa shape index (κ3) is 4.86. The minimum atomic E-state index is -2.27. The number of aliphatic carboxylic acids is 1. The van der Waals surface area contributed by atoms with E-state index in [0.29, 0.717) is 6.21 Å². The molecule has 0 unspecified atom stereocenters. The minimum absolute atomic E-state index is 0.253. The van der Waals surface area contributed by atoms with Crippen LogP contribution in [0.5, 0.6) is 0 Å². The number of aliphatic hydroxyl groups excluding tert-OH is 4. The molecule has 0 saturated heterocycles. The maximum atomic E-state index is 11.6. The summed E-state index contributed by atoms with van der Waals surface area (Å²) in [6, 6.07) is 2.84. The molecule has 6 N–H and O–H groups in total. The highest BCUT2D eigenvalue weighted by Gasteiger charge is 2.33. The Morgan fingerprint density at radius 2 is 1.73 bits per heavy atom. The number of carbonyl (C=O) groups excluding carboxylic acids is 1. The van der Waals surface area contributed by atoms with Gasteiger partial charge in [-0.05, 0) is 12.1 Å². The second kappa shape index (κ2) is 8.14. The number of carbonyl (C=O) groups is 2. The van der Waals surface area contributed by atoms with E-state index in [1.54, 1.807) is 0 Å². The summed E-state index contributed by atoms with van der Waals surface area (Å²) in [5.74, 6) is -2.37. The smallest absolute Gasteiger partial charge is 0.335 e. The van der Waals surface area contributed by atoms with Gasteiger partial charge in [0, 0.05) is 18.0 Å². The summed E-state index contributed by atoms with van der Waals surface area (Å²) in [6.07, 6.45) is -4.75. The Labute approximate surface area is 124 Å². The zero-order chi connectivity index (χ0) is 16.7. The van der Waals surface area contributed by atoms with Gasteiger partial charge in [0.2, 0.25) is 0 Å². The van der Waals surface area contributed by atoms with Crippen molar-refractivity contribution in [3.63, 3.8) is 0 Å². The van der Waals surface area contributed by atoms with Crippen molar-refractivity contribution in [1.29, 1.82) is 0 Å². The molecule has 1 heterocycles. The normalized spacial score (nSPS) is 16.7. The van der Waals surface area contributed by atoms with E-state index in [1.165, 1.54) is 24.5 Å². The number of nitrogens with zero attached hydrogens (tertiary/aromatic N) is 2. The molecule has 1 rings (SSSR count). The molecule has 0 aliphatic heterocycles. The maximum Gasteiger partial charge on any atom is 0.335 e. The van der Waals surface area contributed by atoms with Crippen molar-refractivity contribution in [1.82, 2.24) is 10.4 Å². The minimum Gasteiger partial charge on any atom is -0.479 e. The summed E-state index contributed by atoms with van der Waals surface area (Å²) >= 11 is 0. The largest absolute Gasteiger partial charge is 0.479 e. The molecule has 10 heteroatoms. The van der Waals surface area contributed by atoms with E-state index in [0.717, 1.165) is 0 Å². The Kier molecular flexibility index (Phi) is 6.53. The number of hydrazone groups is 1. The summed E-state index contributed by atoms with van der Waals surface area (Å²) < 4.78 is 0. The maximum absolute atomic E-state index is 11.6. The van der Waals surface area contributed by atoms with Crippen LogP contribution in [0.2, 0.25) is 0 Å². The van der Waals surface area contributed by atoms with Gasteiger partial charge >= 0.3 is 5.97 Å². The first-order valence-electron chi connectivity index (χ1n) is 6.03. The number of nitrogens with one attached hydrogen (secondary N) is 1. The zero-order valence-corrected chi connectivity index (χ0v) is 11.1. The van der Waals surface area contributed by atoms with Crippen molar-refractivity contribution in [2.45, 2.75) is 24.4 Å². The van der Waals surface area contributed by atoms with E-state index in [-0.39, 0.29) is 5.56 Å². The average molecular weight is 313 g/mol. The SMILES string of the molecule is O=C(N/N=C\[C@H](O)[C@H](O)[C@@H](O)[C@@H](O)C(=O)O)c1ccncc1. The Balaban J connectivity index is 2.55. The highest BCUT2D eigenvalue weighted by molar-refractivity contribution is 5.94. The molecule has 0 bridgehead atoms. The fraction of sp³-hybridized carbons (Fsp3) is 0.333. The fourth-order valence-electron chi connectivity index (χ4n) is 1.36. The Hall–Kier alpha value is -2.40. The van der Waals surface area contributed by atoms with E-state index < -0.39 is 36.3 Å². The fourth-order valence-corrected chi connectivity index (χ4v) is 1.36. The van der Waals surface area contributed by atoms with Gasteiger partial charge in [-0.3, -0.25) is 9.78 Å². The van der Waals surface area contributed by atoms with E-state index >= 15 is 0 Å². The highest BCUT2D eigenvalue weighted by atomic mass is 16.4. The van der Waals surface area contributed by atoms with Crippen LogP contribution in [0, 0.1) is 0 Å². The van der Waals surface area contributed by atoms with Crippen molar-refractivity contribution in [3.05, 3.63) is 30.1 Å². The van der Waals surface area contributed by atoms with Crippen molar-refractivity contribution in [2.75, 3.05) is 0 Å². The van der Waals surface area contributed by atoms with E-state index in [1.807, 2.05) is 5.43 Å². The summed E-state index contributed by atoms with van der Waals surface area (Å²) in [5, 5.41) is 49.1. The molecular weight excluding hydrogens is 298 g/mol. The predicted molar refractivity (Wildman–Crippen MR) is 71.9 cm³/mol. The molecule has 0 fully saturated rings. The summed E-state index contributed by atoms with van der Waals surface area (Å²) in [6.45, 7) is 0. The Morgan fingerprint density at radius 3 is 2.27 bits per heavy atom. The summed E-state index contributed by atoms with van der Waals surface area (Å²) in [4.78, 5) is 25.7. The number of aromatic nitrogens is 1. The third-order valence-corrected chi connectivity index (χ3v) is 2.61. The van der Waals surface area contributed by atoms with E-state index in [4.69, 9.17) is 10.2 Å². The summed E-state index contributed by atoms with van der Waals surface area (Å²) in [7, 11) is 0. The Bertz CT molecular complexity index is 537. The van der Waals surface area contributed by atoms with Gasteiger partial charge in [0.15, 0.2) is 6.10 Å². The van der Waals surface area contributed by atoms with E-state index in [2.05, 4.69) is 10.1 Å². The van der Waals surface area contributed by atoms with Crippen molar-refractivity contribution in [2.24, 2.45) is 5.10 Å². The van der Waals surface area contributed by atoms with Crippen molar-refractivity contribution >= 4 is 18.1 Å². The lowest BCUT2D eigenvalue weighted by Crippen LogP contribution is -2.48. The second-order valence-corrected chi connectivity index (χ2v) is 4.21. The molecule has 0 saturated carbocycles. The van der Waals surface area contributed by atoms with Crippen LogP contribution < -0.4 is 5.43 Å². The monoisotopic (exact) mass is 313 g/mol. The van der Waals surface area contributed by atoms with Gasteiger partial charge in [0.1, 0.15) is 18.3 Å². The standard InChI is InChI=1S/C12H15N3O7/c16-7(8(17)9(18)10(19)12(21)22)5-14-15-11(20)6-1-3-13-4-2-6/h1-5,7-10,16-19H,(H,15,20)(H,21,22)/b14-5-/t7-,8-,9+,10+/m0/s1. The number of aliphatic hydroxyl groups is 4. The molecule has 120 valence electrons. The van der Waals surface area contributed by atoms with Gasteiger partial charge < -0.3 is 25.5 Å². The molecule has 0 spiro atoms. The van der Waals surface area contributed by atoms with Gasteiger partial charge in [0.05, 0.1) is 6.21 Å². The molecule has 1 aromatic heterocycles. The van der Waals surface area contributed by atoms with Crippen molar-refractivity contribution in [3.8, 4) is 0 Å². The molecular formula is C12H15N3O7. The molecule has 1 amide bonds. The summed E-state index contributed by atoms with van der Waals surface area (Å²) in [5.41, 5.74) is 2.30. The molecule has 4 atom stereocenters. The number of carboxylic acids is 1. The Morgan fingerprint density at radius 1 is 1.14 bits per heavy atom. The van der Waals surface area contributed by atoms with Gasteiger partial charge in [-0.1, -0.05) is 0 Å². The van der Waals surface area contributed by atoms with Crippen molar-refractivity contribution < 1.29 is 35.1 Å². The molecule has 0 aliphatic carbocycles. The van der Waals surface area contributed by atoms with Gasteiger partial charge in [-0.2, -0.15) is 5.10 Å². The molecule has 1 aromatic rings. The lowest BCUT2D eigenvalue weighted by molar-refractivity contribution is -0.160. The number of hydrogen-bond acceptors (Lipinski definition) is 8. The lowest BCUT2D eigenvalue weighted by Gasteiger charge is -2.22. The number of carboxylic acid groups (broad SMARTS) is 1. The van der Waals surface area contributed by atoms with Crippen LogP contribution in [0.3, 0.4) is 0 Å². The lowest BCUT2D eigenvalue weighted by atomic mass is 10.0. The molecule has 0 radical (unpaired) electrons.